The Morgan fingerprint density at radius 3 is 2.56 bits per heavy atom. The van der Waals surface area contributed by atoms with E-state index in [0.717, 1.165) is 25.7 Å². The Balaban J connectivity index is 2.49. The number of nitrogens with two attached hydrogens (primary N) is 1. The van der Waals surface area contributed by atoms with Gasteiger partial charge in [-0.25, -0.2) is 0 Å². The summed E-state index contributed by atoms with van der Waals surface area (Å²) in [5, 5.41) is 0. The van der Waals surface area contributed by atoms with Crippen molar-refractivity contribution in [2.75, 3.05) is 6.54 Å². The molecular weight excluding hydrogens is 224 g/mol. The molecular formula is C15H30N2O. The molecule has 0 bridgehead atoms. The van der Waals surface area contributed by atoms with Gasteiger partial charge in [0.05, 0.1) is 0 Å². The van der Waals surface area contributed by atoms with Crippen LogP contribution in [0, 0.1) is 5.41 Å². The lowest BCUT2D eigenvalue weighted by molar-refractivity contribution is -0.134. The van der Waals surface area contributed by atoms with E-state index in [2.05, 4.69) is 32.6 Å². The second-order valence-corrected chi connectivity index (χ2v) is 6.49. The fourth-order valence-electron chi connectivity index (χ4n) is 3.01. The molecule has 0 aliphatic carbocycles. The first-order valence-electron chi connectivity index (χ1n) is 7.42. The highest BCUT2D eigenvalue weighted by Crippen LogP contribution is 2.30. The van der Waals surface area contributed by atoms with Gasteiger partial charge >= 0.3 is 0 Å². The minimum absolute atomic E-state index is 0.190. The molecule has 3 heteroatoms. The molecule has 106 valence electrons. The molecule has 0 spiro atoms. The van der Waals surface area contributed by atoms with Crippen LogP contribution in [0.2, 0.25) is 0 Å². The quantitative estimate of drug-likeness (QED) is 0.792. The van der Waals surface area contributed by atoms with Gasteiger partial charge in [0.15, 0.2) is 0 Å². The third kappa shape index (κ3) is 3.98. The van der Waals surface area contributed by atoms with Crippen LogP contribution in [-0.2, 0) is 4.79 Å². The Morgan fingerprint density at radius 1 is 1.33 bits per heavy atom. The van der Waals surface area contributed by atoms with Crippen molar-refractivity contribution in [2.24, 2.45) is 11.1 Å². The van der Waals surface area contributed by atoms with Crippen LogP contribution in [0.5, 0.6) is 0 Å². The van der Waals surface area contributed by atoms with Gasteiger partial charge in [0.2, 0.25) is 5.91 Å². The highest BCUT2D eigenvalue weighted by molar-refractivity contribution is 5.77. The van der Waals surface area contributed by atoms with E-state index in [9.17, 15) is 4.79 Å². The number of hydrogen-bond donors (Lipinski definition) is 1. The van der Waals surface area contributed by atoms with Crippen LogP contribution in [0.3, 0.4) is 0 Å². The zero-order valence-electron chi connectivity index (χ0n) is 12.5. The molecule has 2 unspecified atom stereocenters. The van der Waals surface area contributed by atoms with Crippen LogP contribution in [0.15, 0.2) is 0 Å². The summed E-state index contributed by atoms with van der Waals surface area (Å²) in [5.41, 5.74) is 5.80. The minimum Gasteiger partial charge on any atom is -0.337 e. The van der Waals surface area contributed by atoms with E-state index in [-0.39, 0.29) is 5.41 Å². The van der Waals surface area contributed by atoms with Crippen LogP contribution in [0.25, 0.3) is 0 Å². The van der Waals surface area contributed by atoms with Crippen LogP contribution in [-0.4, -0.2) is 29.4 Å². The summed E-state index contributed by atoms with van der Waals surface area (Å²) >= 11 is 0. The summed E-state index contributed by atoms with van der Waals surface area (Å²) in [5.74, 6) is 0.344. The van der Waals surface area contributed by atoms with Gasteiger partial charge in [0, 0.05) is 18.5 Å². The lowest BCUT2D eigenvalue weighted by atomic mass is 9.84. The first-order valence-corrected chi connectivity index (χ1v) is 7.42. The van der Waals surface area contributed by atoms with Crippen LogP contribution >= 0.6 is 0 Å². The zero-order valence-corrected chi connectivity index (χ0v) is 12.5. The van der Waals surface area contributed by atoms with Crippen LogP contribution < -0.4 is 5.73 Å². The van der Waals surface area contributed by atoms with Gasteiger partial charge in [-0.3, -0.25) is 4.79 Å². The molecule has 2 atom stereocenters. The predicted molar refractivity (Wildman–Crippen MR) is 76.3 cm³/mol. The van der Waals surface area contributed by atoms with Crippen molar-refractivity contribution >= 4 is 5.91 Å². The van der Waals surface area contributed by atoms with E-state index in [4.69, 9.17) is 5.73 Å². The van der Waals surface area contributed by atoms with E-state index < -0.39 is 0 Å². The van der Waals surface area contributed by atoms with E-state index in [0.29, 0.717) is 31.0 Å². The SMILES string of the molecule is CCC1CCC(C)N1C(=O)CCC(C)(C)CCN. The highest BCUT2D eigenvalue weighted by Gasteiger charge is 2.33. The maximum atomic E-state index is 12.4. The minimum atomic E-state index is 0.190. The molecule has 0 saturated carbocycles. The molecule has 3 nitrogen and oxygen atoms in total. The average molecular weight is 254 g/mol. The molecule has 1 heterocycles. The van der Waals surface area contributed by atoms with Crippen molar-refractivity contribution in [3.63, 3.8) is 0 Å². The van der Waals surface area contributed by atoms with Crippen molar-refractivity contribution in [3.8, 4) is 0 Å². The van der Waals surface area contributed by atoms with Crippen molar-refractivity contribution in [1.82, 2.24) is 4.90 Å². The second kappa shape index (κ2) is 6.55. The zero-order chi connectivity index (χ0) is 13.8. The predicted octanol–water partition coefficient (Wildman–Crippen LogP) is 2.93. The Kier molecular flexibility index (Phi) is 5.64. The first kappa shape index (κ1) is 15.5. The van der Waals surface area contributed by atoms with Gasteiger partial charge in [0.25, 0.3) is 0 Å². The molecule has 0 aromatic carbocycles. The lowest BCUT2D eigenvalue weighted by Crippen LogP contribution is -2.40. The van der Waals surface area contributed by atoms with Gasteiger partial charge < -0.3 is 10.6 Å². The van der Waals surface area contributed by atoms with Gasteiger partial charge in [-0.15, -0.1) is 0 Å². The van der Waals surface area contributed by atoms with Gasteiger partial charge in [-0.2, -0.15) is 0 Å². The van der Waals surface area contributed by atoms with Crippen molar-refractivity contribution in [2.45, 2.75) is 78.3 Å². The molecule has 2 N–H and O–H groups in total. The Labute approximate surface area is 112 Å². The molecule has 0 radical (unpaired) electrons. The van der Waals surface area contributed by atoms with Gasteiger partial charge in [-0.05, 0) is 51.0 Å². The standard InChI is InChI=1S/C15H30N2O/c1-5-13-7-6-12(2)17(13)14(18)8-9-15(3,4)10-11-16/h12-13H,5-11,16H2,1-4H3. The third-order valence-electron chi connectivity index (χ3n) is 4.38. The Morgan fingerprint density at radius 2 is 2.00 bits per heavy atom. The molecule has 0 aromatic rings. The summed E-state index contributed by atoms with van der Waals surface area (Å²) in [7, 11) is 0. The molecule has 1 fully saturated rings. The second-order valence-electron chi connectivity index (χ2n) is 6.49. The number of carbonyl (C=O) groups is 1. The molecule has 1 aliphatic heterocycles. The van der Waals surface area contributed by atoms with E-state index in [1.807, 2.05) is 0 Å². The topological polar surface area (TPSA) is 46.3 Å². The first-order chi connectivity index (χ1) is 8.41. The summed E-state index contributed by atoms with van der Waals surface area (Å²) in [6, 6.07) is 0.908. The average Bonchev–Trinajstić information content (AvgIpc) is 2.67. The van der Waals surface area contributed by atoms with E-state index >= 15 is 0 Å². The monoisotopic (exact) mass is 254 g/mol. The normalized spacial score (nSPS) is 24.6. The number of likely N-dealkylation sites (tertiary alicyclic amines) is 1. The summed E-state index contributed by atoms with van der Waals surface area (Å²) < 4.78 is 0. The van der Waals surface area contributed by atoms with E-state index in [1.54, 1.807) is 0 Å². The number of nitrogens with zero attached hydrogens (tertiary/aromatic N) is 1. The molecule has 1 amide bonds. The van der Waals surface area contributed by atoms with Crippen molar-refractivity contribution < 1.29 is 4.79 Å². The summed E-state index contributed by atoms with van der Waals surface area (Å²) in [4.78, 5) is 14.5. The lowest BCUT2D eigenvalue weighted by Gasteiger charge is -2.30. The fraction of sp³-hybridized carbons (Fsp3) is 0.933. The maximum absolute atomic E-state index is 12.4. The molecule has 18 heavy (non-hydrogen) atoms. The summed E-state index contributed by atoms with van der Waals surface area (Å²) in [6.45, 7) is 9.48. The maximum Gasteiger partial charge on any atom is 0.223 e. The Bertz CT molecular complexity index is 276. The molecule has 0 aromatic heterocycles. The molecule has 1 aliphatic rings. The van der Waals surface area contributed by atoms with Crippen molar-refractivity contribution in [3.05, 3.63) is 0 Å². The summed E-state index contributed by atoms with van der Waals surface area (Å²) in [6.07, 6.45) is 6.04. The largest absolute Gasteiger partial charge is 0.337 e. The van der Waals surface area contributed by atoms with Gasteiger partial charge in [-0.1, -0.05) is 20.8 Å². The number of hydrogen-bond acceptors (Lipinski definition) is 2. The molecule has 1 saturated heterocycles. The molecule has 1 rings (SSSR count). The van der Waals surface area contributed by atoms with Crippen molar-refractivity contribution in [1.29, 1.82) is 0 Å². The third-order valence-corrected chi connectivity index (χ3v) is 4.38. The number of amides is 1. The highest BCUT2D eigenvalue weighted by atomic mass is 16.2. The Hall–Kier alpha value is -0.570. The smallest absolute Gasteiger partial charge is 0.223 e. The van der Waals surface area contributed by atoms with Crippen LogP contribution in [0.1, 0.15) is 66.2 Å². The van der Waals surface area contributed by atoms with Crippen LogP contribution in [0.4, 0.5) is 0 Å². The van der Waals surface area contributed by atoms with E-state index in [1.165, 1.54) is 6.42 Å². The number of carbonyl (C=O) groups excluding carboxylic acids is 1. The van der Waals surface area contributed by atoms with Gasteiger partial charge in [0.1, 0.15) is 0 Å². The fourth-order valence-corrected chi connectivity index (χ4v) is 3.01. The number of rotatable bonds is 6.